The van der Waals surface area contributed by atoms with Crippen LogP contribution in [0.2, 0.25) is 0 Å². The first kappa shape index (κ1) is 11.2. The molecular weight excluding hydrogens is 178 g/mol. The van der Waals surface area contributed by atoms with E-state index < -0.39 is 0 Å². The Balaban J connectivity index is 2.51. The third-order valence-corrected chi connectivity index (χ3v) is 2.86. The Morgan fingerprint density at radius 1 is 1.36 bits per heavy atom. The predicted molar refractivity (Wildman–Crippen MR) is 54.9 cm³/mol. The number of carbonyl (C=O) groups is 2. The Kier molecular flexibility index (Phi) is 3.67. The predicted octanol–water partition coefficient (Wildman–Crippen LogP) is 1.61. The molecule has 14 heavy (non-hydrogen) atoms. The first-order chi connectivity index (χ1) is 6.50. The molecule has 0 aromatic rings. The maximum absolute atomic E-state index is 11.6. The van der Waals surface area contributed by atoms with Crippen molar-refractivity contribution in [2.75, 3.05) is 6.54 Å². The van der Waals surface area contributed by atoms with Gasteiger partial charge in [0, 0.05) is 12.6 Å². The number of nitrogens with zero attached hydrogens (tertiary/aromatic N) is 1. The van der Waals surface area contributed by atoms with Crippen molar-refractivity contribution in [2.24, 2.45) is 5.92 Å². The van der Waals surface area contributed by atoms with E-state index in [1.807, 2.05) is 4.90 Å². The minimum Gasteiger partial charge on any atom is -0.340 e. The molecule has 1 amide bonds. The van der Waals surface area contributed by atoms with Crippen molar-refractivity contribution in [1.82, 2.24) is 4.90 Å². The van der Waals surface area contributed by atoms with E-state index in [1.54, 1.807) is 0 Å². The van der Waals surface area contributed by atoms with Crippen molar-refractivity contribution in [2.45, 2.75) is 46.1 Å². The van der Waals surface area contributed by atoms with Gasteiger partial charge >= 0.3 is 0 Å². The fourth-order valence-corrected chi connectivity index (χ4v) is 2.09. The topological polar surface area (TPSA) is 37.4 Å². The average Bonchev–Trinajstić information content (AvgIpc) is 2.01. The molecule has 0 aliphatic carbocycles. The normalized spacial score (nSPS) is 27.5. The second-order valence-corrected chi connectivity index (χ2v) is 4.44. The lowest BCUT2D eigenvalue weighted by molar-refractivity contribution is -0.138. The maximum atomic E-state index is 11.6. The molecule has 0 aromatic heterocycles. The van der Waals surface area contributed by atoms with Gasteiger partial charge in [0.05, 0.1) is 6.42 Å². The molecule has 1 rings (SSSR count). The zero-order chi connectivity index (χ0) is 10.7. The van der Waals surface area contributed by atoms with E-state index in [2.05, 4.69) is 13.8 Å². The zero-order valence-electron chi connectivity index (χ0n) is 9.25. The number of rotatable bonds is 2. The second-order valence-electron chi connectivity index (χ2n) is 4.44. The minimum atomic E-state index is -0.0409. The number of amides is 1. The lowest BCUT2D eigenvalue weighted by Crippen LogP contribution is -2.44. The lowest BCUT2D eigenvalue weighted by Gasteiger charge is -2.36. The summed E-state index contributed by atoms with van der Waals surface area (Å²) in [4.78, 5) is 24.3. The summed E-state index contributed by atoms with van der Waals surface area (Å²) in [5, 5.41) is 0. The van der Waals surface area contributed by atoms with Gasteiger partial charge in [-0.2, -0.15) is 0 Å². The molecule has 0 saturated carbocycles. The fraction of sp³-hybridized carbons (Fsp3) is 0.818. The maximum Gasteiger partial charge on any atom is 0.230 e. The van der Waals surface area contributed by atoms with Crippen LogP contribution in [0.4, 0.5) is 0 Å². The van der Waals surface area contributed by atoms with Crippen molar-refractivity contribution in [3.63, 3.8) is 0 Å². The van der Waals surface area contributed by atoms with Crippen LogP contribution in [0.25, 0.3) is 0 Å². The number of piperidine rings is 1. The number of hydrogen-bond donors (Lipinski definition) is 0. The summed E-state index contributed by atoms with van der Waals surface area (Å²) in [6, 6.07) is 0.297. The highest BCUT2D eigenvalue weighted by Crippen LogP contribution is 2.22. The SMILES string of the molecule is CC(=O)CC(=O)N1CCC(C)CC1C. The molecule has 1 aliphatic heterocycles. The Morgan fingerprint density at radius 3 is 2.50 bits per heavy atom. The first-order valence-corrected chi connectivity index (χ1v) is 5.29. The molecule has 0 radical (unpaired) electrons. The van der Waals surface area contributed by atoms with Gasteiger partial charge in [0.2, 0.25) is 5.91 Å². The zero-order valence-corrected chi connectivity index (χ0v) is 9.25. The molecule has 80 valence electrons. The van der Waals surface area contributed by atoms with Crippen LogP contribution in [0.15, 0.2) is 0 Å². The van der Waals surface area contributed by atoms with Crippen molar-refractivity contribution in [3.8, 4) is 0 Å². The summed E-state index contributed by atoms with van der Waals surface area (Å²) in [5.41, 5.74) is 0. The smallest absolute Gasteiger partial charge is 0.230 e. The van der Waals surface area contributed by atoms with E-state index in [0.29, 0.717) is 12.0 Å². The van der Waals surface area contributed by atoms with Gasteiger partial charge in [0.25, 0.3) is 0 Å². The van der Waals surface area contributed by atoms with Gasteiger partial charge < -0.3 is 4.90 Å². The highest BCUT2D eigenvalue weighted by molar-refractivity contribution is 5.96. The van der Waals surface area contributed by atoms with Gasteiger partial charge in [-0.3, -0.25) is 9.59 Å². The lowest BCUT2D eigenvalue weighted by atomic mass is 9.93. The first-order valence-electron chi connectivity index (χ1n) is 5.29. The van der Waals surface area contributed by atoms with E-state index in [9.17, 15) is 9.59 Å². The Labute approximate surface area is 85.5 Å². The number of Topliss-reactive ketones (excluding diaryl/α,β-unsaturated/α-hetero) is 1. The molecule has 3 heteroatoms. The van der Waals surface area contributed by atoms with Crippen LogP contribution in [-0.4, -0.2) is 29.2 Å². The van der Waals surface area contributed by atoms with Crippen LogP contribution >= 0.6 is 0 Å². The fourth-order valence-electron chi connectivity index (χ4n) is 2.09. The van der Waals surface area contributed by atoms with Crippen LogP contribution in [0, 0.1) is 5.92 Å². The Bertz CT molecular complexity index is 237. The summed E-state index contributed by atoms with van der Waals surface area (Å²) in [6.07, 6.45) is 2.19. The average molecular weight is 197 g/mol. The third-order valence-electron chi connectivity index (χ3n) is 2.86. The number of carbonyl (C=O) groups excluding carboxylic acids is 2. The molecule has 2 atom stereocenters. The van der Waals surface area contributed by atoms with E-state index in [0.717, 1.165) is 19.4 Å². The minimum absolute atomic E-state index is 0.00287. The van der Waals surface area contributed by atoms with Gasteiger partial charge in [0.15, 0.2) is 0 Å². The molecule has 0 N–H and O–H groups in total. The quantitative estimate of drug-likeness (QED) is 0.631. The van der Waals surface area contributed by atoms with Gasteiger partial charge in [-0.1, -0.05) is 6.92 Å². The van der Waals surface area contributed by atoms with Crippen molar-refractivity contribution in [1.29, 1.82) is 0 Å². The number of ketones is 1. The van der Waals surface area contributed by atoms with E-state index in [1.165, 1.54) is 6.92 Å². The van der Waals surface area contributed by atoms with Crippen LogP contribution in [0.1, 0.15) is 40.0 Å². The van der Waals surface area contributed by atoms with Gasteiger partial charge in [-0.25, -0.2) is 0 Å². The molecule has 1 saturated heterocycles. The largest absolute Gasteiger partial charge is 0.340 e. The van der Waals surface area contributed by atoms with Crippen LogP contribution < -0.4 is 0 Å². The van der Waals surface area contributed by atoms with Crippen molar-refractivity contribution in [3.05, 3.63) is 0 Å². The molecule has 1 aliphatic rings. The van der Waals surface area contributed by atoms with Crippen molar-refractivity contribution < 1.29 is 9.59 Å². The van der Waals surface area contributed by atoms with Gasteiger partial charge in [-0.15, -0.1) is 0 Å². The van der Waals surface area contributed by atoms with Crippen LogP contribution in [0.3, 0.4) is 0 Å². The highest BCUT2D eigenvalue weighted by atomic mass is 16.2. The molecule has 1 fully saturated rings. The standard InChI is InChI=1S/C11H19NO2/c1-8-4-5-12(9(2)6-8)11(14)7-10(3)13/h8-9H,4-7H2,1-3H3. The molecule has 1 heterocycles. The van der Waals surface area contributed by atoms with Gasteiger partial charge in [-0.05, 0) is 32.6 Å². The van der Waals surface area contributed by atoms with Crippen LogP contribution in [-0.2, 0) is 9.59 Å². The highest BCUT2D eigenvalue weighted by Gasteiger charge is 2.26. The molecular formula is C11H19NO2. The van der Waals surface area contributed by atoms with E-state index in [-0.39, 0.29) is 18.1 Å². The summed E-state index contributed by atoms with van der Waals surface area (Å²) in [6.45, 7) is 6.56. The molecule has 0 bridgehead atoms. The molecule has 2 unspecified atom stereocenters. The summed E-state index contributed by atoms with van der Waals surface area (Å²) < 4.78 is 0. The van der Waals surface area contributed by atoms with Crippen molar-refractivity contribution >= 4 is 11.7 Å². The van der Waals surface area contributed by atoms with E-state index in [4.69, 9.17) is 0 Å². The summed E-state index contributed by atoms with van der Waals surface area (Å²) in [7, 11) is 0. The van der Waals surface area contributed by atoms with Gasteiger partial charge in [0.1, 0.15) is 5.78 Å². The van der Waals surface area contributed by atoms with Crippen LogP contribution in [0.5, 0.6) is 0 Å². The summed E-state index contributed by atoms with van der Waals surface area (Å²) in [5.74, 6) is 0.657. The molecule has 3 nitrogen and oxygen atoms in total. The third kappa shape index (κ3) is 2.82. The van der Waals surface area contributed by atoms with E-state index >= 15 is 0 Å². The molecule has 0 aromatic carbocycles. The second kappa shape index (κ2) is 4.58. The summed E-state index contributed by atoms with van der Waals surface area (Å²) >= 11 is 0. The molecule has 0 spiro atoms. The number of hydrogen-bond acceptors (Lipinski definition) is 2. The number of likely N-dealkylation sites (tertiary alicyclic amines) is 1. The Morgan fingerprint density at radius 2 is 2.00 bits per heavy atom. The Hall–Kier alpha value is -0.860. The monoisotopic (exact) mass is 197 g/mol.